The molecule has 0 bridgehead atoms. The molecule has 2 rings (SSSR count). The average molecular weight is 205 g/mol. The molecular weight excluding hydrogens is 190 g/mol. The van der Waals surface area contributed by atoms with Gasteiger partial charge in [-0.2, -0.15) is 0 Å². The molecule has 1 saturated carbocycles. The summed E-state index contributed by atoms with van der Waals surface area (Å²) < 4.78 is 0. The monoisotopic (exact) mass is 205 g/mol. The van der Waals surface area contributed by atoms with Gasteiger partial charge in [-0.05, 0) is 30.4 Å². The minimum atomic E-state index is -0.490. The predicted octanol–water partition coefficient (Wildman–Crippen LogP) is 1.39. The summed E-state index contributed by atoms with van der Waals surface area (Å²) >= 11 is 0. The quantitative estimate of drug-likeness (QED) is 0.780. The Labute approximate surface area is 88.9 Å². The number of carbonyl (C=O) groups excluding carboxylic acids is 1. The zero-order valence-corrected chi connectivity index (χ0v) is 8.79. The molecule has 0 aromatic carbocycles. The molecule has 1 amide bonds. The van der Waals surface area contributed by atoms with E-state index in [4.69, 9.17) is 5.73 Å². The van der Waals surface area contributed by atoms with Crippen molar-refractivity contribution in [3.05, 3.63) is 24.0 Å². The molecule has 1 fully saturated rings. The maximum absolute atomic E-state index is 10.9. The number of aromatic nitrogens is 1. The zero-order chi connectivity index (χ0) is 10.9. The molecule has 0 atom stereocenters. The lowest BCUT2D eigenvalue weighted by Crippen LogP contribution is -2.15. The highest BCUT2D eigenvalue weighted by Crippen LogP contribution is 2.44. The normalized spacial score (nSPS) is 17.1. The van der Waals surface area contributed by atoms with Crippen LogP contribution in [0.5, 0.6) is 0 Å². The van der Waals surface area contributed by atoms with E-state index in [1.807, 2.05) is 6.07 Å². The molecule has 0 aliphatic heterocycles. The van der Waals surface area contributed by atoms with Crippen LogP contribution in [0.15, 0.2) is 18.3 Å². The summed E-state index contributed by atoms with van der Waals surface area (Å²) in [6.45, 7) is 3.19. The van der Waals surface area contributed by atoms with Crippen LogP contribution in [0.1, 0.15) is 30.3 Å². The van der Waals surface area contributed by atoms with Crippen LogP contribution in [0, 0.1) is 5.41 Å². The summed E-state index contributed by atoms with van der Waals surface area (Å²) in [6.07, 6.45) is 4.14. The molecule has 3 N–H and O–H groups in total. The summed E-state index contributed by atoms with van der Waals surface area (Å²) in [5.74, 6) is -0.490. The lowest BCUT2D eigenvalue weighted by atomic mass is 10.1. The second-order valence-electron chi connectivity index (χ2n) is 4.46. The van der Waals surface area contributed by atoms with Crippen molar-refractivity contribution >= 4 is 11.6 Å². The Kier molecular flexibility index (Phi) is 2.34. The van der Waals surface area contributed by atoms with E-state index in [0.29, 0.717) is 11.1 Å². The maximum Gasteiger partial charge on any atom is 0.267 e. The van der Waals surface area contributed by atoms with Gasteiger partial charge in [-0.25, -0.2) is 0 Å². The van der Waals surface area contributed by atoms with Gasteiger partial charge in [0.05, 0.1) is 0 Å². The molecule has 0 spiro atoms. The van der Waals surface area contributed by atoms with Crippen molar-refractivity contribution in [2.75, 3.05) is 11.9 Å². The second kappa shape index (κ2) is 3.53. The van der Waals surface area contributed by atoms with Crippen LogP contribution in [-0.4, -0.2) is 17.4 Å². The number of hydrogen-bond acceptors (Lipinski definition) is 3. The van der Waals surface area contributed by atoms with E-state index in [2.05, 4.69) is 17.2 Å². The summed E-state index contributed by atoms with van der Waals surface area (Å²) in [4.78, 5) is 14.8. The number of hydrogen-bond donors (Lipinski definition) is 2. The van der Waals surface area contributed by atoms with Gasteiger partial charge in [0.15, 0.2) is 0 Å². The fraction of sp³-hybridized carbons (Fsp3) is 0.455. The first-order valence-corrected chi connectivity index (χ1v) is 5.09. The lowest BCUT2D eigenvalue weighted by Gasteiger charge is -2.11. The third-order valence-corrected chi connectivity index (χ3v) is 2.84. The molecule has 4 heteroatoms. The molecular formula is C11H15N3O. The van der Waals surface area contributed by atoms with Crippen molar-refractivity contribution in [3.63, 3.8) is 0 Å². The Balaban J connectivity index is 2.01. The van der Waals surface area contributed by atoms with Gasteiger partial charge in [-0.1, -0.05) is 6.92 Å². The Morgan fingerprint density at radius 2 is 2.40 bits per heavy atom. The highest BCUT2D eigenvalue weighted by Gasteiger charge is 2.36. The van der Waals surface area contributed by atoms with Crippen LogP contribution in [0.2, 0.25) is 0 Å². The molecule has 0 unspecified atom stereocenters. The number of anilines is 1. The SMILES string of the molecule is CC1(CNc2ccnc(C(N)=O)c2)CC1. The molecule has 4 nitrogen and oxygen atoms in total. The summed E-state index contributed by atoms with van der Waals surface area (Å²) in [6, 6.07) is 3.53. The summed E-state index contributed by atoms with van der Waals surface area (Å²) in [7, 11) is 0. The van der Waals surface area contributed by atoms with Gasteiger partial charge in [0.2, 0.25) is 0 Å². The van der Waals surface area contributed by atoms with Crippen LogP contribution >= 0.6 is 0 Å². The smallest absolute Gasteiger partial charge is 0.267 e. The molecule has 15 heavy (non-hydrogen) atoms. The van der Waals surface area contributed by atoms with E-state index in [1.54, 1.807) is 12.3 Å². The first kappa shape index (κ1) is 9.96. The van der Waals surface area contributed by atoms with Crippen molar-refractivity contribution < 1.29 is 4.79 Å². The molecule has 1 aliphatic rings. The van der Waals surface area contributed by atoms with E-state index < -0.39 is 5.91 Å². The molecule has 80 valence electrons. The maximum atomic E-state index is 10.9. The number of nitrogens with one attached hydrogen (secondary N) is 1. The number of rotatable bonds is 4. The van der Waals surface area contributed by atoms with Crippen molar-refractivity contribution in [2.24, 2.45) is 11.1 Å². The minimum Gasteiger partial charge on any atom is -0.384 e. The fourth-order valence-electron chi connectivity index (χ4n) is 1.38. The Bertz CT molecular complexity index is 385. The van der Waals surface area contributed by atoms with E-state index >= 15 is 0 Å². The van der Waals surface area contributed by atoms with Gasteiger partial charge >= 0.3 is 0 Å². The first-order chi connectivity index (χ1) is 7.09. The zero-order valence-electron chi connectivity index (χ0n) is 8.79. The number of nitrogens with two attached hydrogens (primary N) is 1. The fourth-order valence-corrected chi connectivity index (χ4v) is 1.38. The van der Waals surface area contributed by atoms with Crippen molar-refractivity contribution in [2.45, 2.75) is 19.8 Å². The Morgan fingerprint density at radius 3 is 3.00 bits per heavy atom. The van der Waals surface area contributed by atoms with E-state index in [0.717, 1.165) is 12.2 Å². The van der Waals surface area contributed by atoms with E-state index in [-0.39, 0.29) is 0 Å². The number of amides is 1. The van der Waals surface area contributed by atoms with Crippen LogP contribution in [0.4, 0.5) is 5.69 Å². The van der Waals surface area contributed by atoms with Gasteiger partial charge in [0, 0.05) is 18.4 Å². The number of nitrogens with zero attached hydrogens (tertiary/aromatic N) is 1. The highest BCUT2D eigenvalue weighted by molar-refractivity contribution is 5.91. The molecule has 0 saturated heterocycles. The van der Waals surface area contributed by atoms with Gasteiger partial charge in [0.25, 0.3) is 5.91 Å². The lowest BCUT2D eigenvalue weighted by molar-refractivity contribution is 0.0995. The van der Waals surface area contributed by atoms with Crippen molar-refractivity contribution in [1.29, 1.82) is 0 Å². The molecule has 1 heterocycles. The second-order valence-corrected chi connectivity index (χ2v) is 4.46. The van der Waals surface area contributed by atoms with Gasteiger partial charge in [-0.15, -0.1) is 0 Å². The molecule has 1 aromatic heterocycles. The van der Waals surface area contributed by atoms with E-state index in [1.165, 1.54) is 12.8 Å². The molecule has 1 aromatic rings. The third-order valence-electron chi connectivity index (χ3n) is 2.84. The Morgan fingerprint density at radius 1 is 1.67 bits per heavy atom. The van der Waals surface area contributed by atoms with Crippen LogP contribution in [0.25, 0.3) is 0 Å². The summed E-state index contributed by atoms with van der Waals surface area (Å²) in [5.41, 5.74) is 6.80. The average Bonchev–Trinajstić information content (AvgIpc) is 2.95. The molecule has 1 aliphatic carbocycles. The minimum absolute atomic E-state index is 0.306. The van der Waals surface area contributed by atoms with Gasteiger partial charge < -0.3 is 11.1 Å². The predicted molar refractivity (Wildman–Crippen MR) is 58.6 cm³/mol. The van der Waals surface area contributed by atoms with Gasteiger partial charge in [-0.3, -0.25) is 9.78 Å². The van der Waals surface area contributed by atoms with Crippen molar-refractivity contribution in [1.82, 2.24) is 4.98 Å². The van der Waals surface area contributed by atoms with Crippen LogP contribution in [0.3, 0.4) is 0 Å². The molecule has 0 radical (unpaired) electrons. The van der Waals surface area contributed by atoms with Gasteiger partial charge in [0.1, 0.15) is 5.69 Å². The largest absolute Gasteiger partial charge is 0.384 e. The number of primary amides is 1. The van der Waals surface area contributed by atoms with E-state index in [9.17, 15) is 4.79 Å². The van der Waals surface area contributed by atoms with Crippen LogP contribution < -0.4 is 11.1 Å². The number of carbonyl (C=O) groups is 1. The topological polar surface area (TPSA) is 68.0 Å². The Hall–Kier alpha value is -1.58. The van der Waals surface area contributed by atoms with Crippen molar-refractivity contribution in [3.8, 4) is 0 Å². The first-order valence-electron chi connectivity index (χ1n) is 5.09. The van der Waals surface area contributed by atoms with Crippen LogP contribution in [-0.2, 0) is 0 Å². The highest BCUT2D eigenvalue weighted by atomic mass is 16.1. The number of pyridine rings is 1. The standard InChI is InChI=1S/C11H15N3O/c1-11(3-4-11)7-14-8-2-5-13-9(6-8)10(12)15/h2,5-6H,3-4,7H2,1H3,(H2,12,15)(H,13,14). The summed E-state index contributed by atoms with van der Waals surface area (Å²) in [5, 5.41) is 3.29. The third kappa shape index (κ3) is 2.46.